The second kappa shape index (κ2) is 7.07. The highest BCUT2D eigenvalue weighted by Gasteiger charge is 2.33. The van der Waals surface area contributed by atoms with Gasteiger partial charge in [0.15, 0.2) is 0 Å². The van der Waals surface area contributed by atoms with Gasteiger partial charge in [0.25, 0.3) is 0 Å². The van der Waals surface area contributed by atoms with Crippen LogP contribution in [0.5, 0.6) is 5.75 Å². The second-order valence-corrected chi connectivity index (χ2v) is 6.43. The molecule has 1 N–H and O–H groups in total. The number of aromatic hydroxyl groups is 1. The molecule has 0 radical (unpaired) electrons. The molecule has 3 rings (SSSR count). The van der Waals surface area contributed by atoms with Crippen LogP contribution >= 0.6 is 0 Å². The Morgan fingerprint density at radius 1 is 1.29 bits per heavy atom. The van der Waals surface area contributed by atoms with E-state index in [1.165, 1.54) is 13.5 Å². The maximum Gasteiger partial charge on any atom is 0.343 e. The van der Waals surface area contributed by atoms with Crippen molar-refractivity contribution >= 4 is 16.9 Å². The Kier molecular flexibility index (Phi) is 4.88. The Morgan fingerprint density at radius 3 is 2.71 bits per heavy atom. The summed E-state index contributed by atoms with van der Waals surface area (Å²) >= 11 is 0. The number of fused-ring (bicyclic) bond motifs is 1. The van der Waals surface area contributed by atoms with Gasteiger partial charge in [0.05, 0.1) is 24.5 Å². The van der Waals surface area contributed by atoms with E-state index >= 15 is 0 Å². The molecule has 1 heterocycles. The lowest BCUT2D eigenvalue weighted by atomic mass is 9.75. The summed E-state index contributed by atoms with van der Waals surface area (Å²) in [5, 5.41) is 11.2. The van der Waals surface area contributed by atoms with Gasteiger partial charge in [-0.25, -0.2) is 4.79 Å². The van der Waals surface area contributed by atoms with E-state index in [1.807, 2.05) is 0 Å². The van der Waals surface area contributed by atoms with Gasteiger partial charge < -0.3 is 14.3 Å². The summed E-state index contributed by atoms with van der Waals surface area (Å²) in [6, 6.07) is 6.89. The van der Waals surface area contributed by atoms with E-state index in [9.17, 15) is 14.7 Å². The molecule has 0 saturated heterocycles. The van der Waals surface area contributed by atoms with Crippen LogP contribution in [0.15, 0.2) is 33.5 Å². The summed E-state index contributed by atoms with van der Waals surface area (Å²) in [4.78, 5) is 24.4. The fourth-order valence-electron chi connectivity index (χ4n) is 3.78. The zero-order chi connectivity index (χ0) is 17.1. The molecule has 1 fully saturated rings. The van der Waals surface area contributed by atoms with Crippen LogP contribution in [-0.2, 0) is 9.53 Å². The van der Waals surface area contributed by atoms with Crippen molar-refractivity contribution in [2.75, 3.05) is 7.11 Å². The lowest BCUT2D eigenvalue weighted by Crippen LogP contribution is -2.25. The average molecular weight is 330 g/mol. The van der Waals surface area contributed by atoms with Crippen molar-refractivity contribution in [1.82, 2.24) is 0 Å². The number of carbonyl (C=O) groups is 1. The Hall–Kier alpha value is -2.30. The molecule has 5 heteroatoms. The third kappa shape index (κ3) is 3.16. The second-order valence-electron chi connectivity index (χ2n) is 6.43. The molecule has 1 aliphatic rings. The van der Waals surface area contributed by atoms with E-state index in [0.717, 1.165) is 25.7 Å². The fourth-order valence-corrected chi connectivity index (χ4v) is 3.78. The van der Waals surface area contributed by atoms with Gasteiger partial charge >= 0.3 is 11.6 Å². The van der Waals surface area contributed by atoms with Gasteiger partial charge in [0, 0.05) is 5.92 Å². The minimum Gasteiger partial charge on any atom is -0.507 e. The van der Waals surface area contributed by atoms with Gasteiger partial charge in [0.1, 0.15) is 11.3 Å². The van der Waals surface area contributed by atoms with Gasteiger partial charge in [-0.1, -0.05) is 31.4 Å². The molecular formula is C19H22O5. The molecule has 24 heavy (non-hydrogen) atoms. The van der Waals surface area contributed by atoms with Gasteiger partial charge in [-0.2, -0.15) is 0 Å². The number of esters is 1. The largest absolute Gasteiger partial charge is 0.507 e. The first-order valence-electron chi connectivity index (χ1n) is 8.43. The number of carbonyl (C=O) groups excluding carboxylic acids is 1. The van der Waals surface area contributed by atoms with Crippen LogP contribution in [0.4, 0.5) is 0 Å². The zero-order valence-corrected chi connectivity index (χ0v) is 13.8. The number of hydrogen-bond acceptors (Lipinski definition) is 5. The molecule has 1 aromatic carbocycles. The van der Waals surface area contributed by atoms with Crippen molar-refractivity contribution < 1.29 is 19.1 Å². The molecule has 0 bridgehead atoms. The van der Waals surface area contributed by atoms with Gasteiger partial charge in [-0.05, 0) is 30.9 Å². The van der Waals surface area contributed by atoms with Crippen molar-refractivity contribution in [3.63, 3.8) is 0 Å². The van der Waals surface area contributed by atoms with E-state index in [-0.39, 0.29) is 35.5 Å². The summed E-state index contributed by atoms with van der Waals surface area (Å²) in [6.45, 7) is 0. The lowest BCUT2D eigenvalue weighted by molar-refractivity contribution is -0.141. The summed E-state index contributed by atoms with van der Waals surface area (Å²) in [5.74, 6) is -0.648. The molecule has 1 saturated carbocycles. The number of hydrogen-bond donors (Lipinski definition) is 1. The van der Waals surface area contributed by atoms with Gasteiger partial charge in [-0.3, -0.25) is 4.79 Å². The van der Waals surface area contributed by atoms with E-state index in [0.29, 0.717) is 11.0 Å². The van der Waals surface area contributed by atoms with Crippen molar-refractivity contribution in [1.29, 1.82) is 0 Å². The number of benzene rings is 1. The standard InChI is InChI=1S/C19H22O5/c1-23-16(20)11-14(12-7-3-2-4-8-12)17-18(21)13-9-5-6-10-15(13)24-19(17)22/h5-6,9-10,12,14,21H,2-4,7-8,11H2,1H3/t14-/m0/s1. The van der Waals surface area contributed by atoms with Crippen LogP contribution in [0.1, 0.15) is 50.0 Å². The minimum atomic E-state index is -0.564. The summed E-state index contributed by atoms with van der Waals surface area (Å²) in [5.41, 5.74) is 0.000823. The van der Waals surface area contributed by atoms with Crippen LogP contribution in [0, 0.1) is 5.92 Å². The molecule has 0 amide bonds. The maximum absolute atomic E-state index is 12.5. The molecule has 1 atom stereocenters. The summed E-state index contributed by atoms with van der Waals surface area (Å²) < 4.78 is 10.2. The third-order valence-electron chi connectivity index (χ3n) is 5.02. The number of methoxy groups -OCH3 is 1. The van der Waals surface area contributed by atoms with E-state index in [2.05, 4.69) is 0 Å². The molecule has 0 aliphatic heterocycles. The van der Waals surface area contributed by atoms with Crippen LogP contribution in [-0.4, -0.2) is 18.2 Å². The van der Waals surface area contributed by atoms with Gasteiger partial charge in [-0.15, -0.1) is 0 Å². The summed E-state index contributed by atoms with van der Waals surface area (Å²) in [6.07, 6.45) is 5.27. The Bertz CT molecular complexity index is 786. The van der Waals surface area contributed by atoms with Crippen molar-refractivity contribution in [3.8, 4) is 5.75 Å². The molecule has 0 unspecified atom stereocenters. The minimum absolute atomic E-state index is 0.0682. The third-order valence-corrected chi connectivity index (χ3v) is 5.02. The van der Waals surface area contributed by atoms with Crippen LogP contribution < -0.4 is 5.63 Å². The predicted molar refractivity (Wildman–Crippen MR) is 90.1 cm³/mol. The quantitative estimate of drug-likeness (QED) is 0.683. The normalized spacial score (nSPS) is 16.9. The van der Waals surface area contributed by atoms with Crippen molar-refractivity contribution in [2.45, 2.75) is 44.4 Å². The highest BCUT2D eigenvalue weighted by Crippen LogP contribution is 2.41. The fraction of sp³-hybridized carbons (Fsp3) is 0.474. The Balaban J connectivity index is 2.10. The molecule has 1 aliphatic carbocycles. The molecular weight excluding hydrogens is 308 g/mol. The molecule has 5 nitrogen and oxygen atoms in total. The molecule has 0 spiro atoms. The first kappa shape index (κ1) is 16.6. The predicted octanol–water partition coefficient (Wildman–Crippen LogP) is 3.73. The smallest absolute Gasteiger partial charge is 0.343 e. The highest BCUT2D eigenvalue weighted by atomic mass is 16.5. The van der Waals surface area contributed by atoms with E-state index in [1.54, 1.807) is 24.3 Å². The van der Waals surface area contributed by atoms with Crippen molar-refractivity contribution in [2.24, 2.45) is 5.92 Å². The first-order valence-corrected chi connectivity index (χ1v) is 8.43. The van der Waals surface area contributed by atoms with E-state index < -0.39 is 5.63 Å². The monoisotopic (exact) mass is 330 g/mol. The maximum atomic E-state index is 12.5. The van der Waals surface area contributed by atoms with Crippen molar-refractivity contribution in [3.05, 3.63) is 40.2 Å². The van der Waals surface area contributed by atoms with E-state index in [4.69, 9.17) is 9.15 Å². The van der Waals surface area contributed by atoms with Crippen LogP contribution in [0.25, 0.3) is 11.0 Å². The number of para-hydroxylation sites is 1. The number of ether oxygens (including phenoxy) is 1. The topological polar surface area (TPSA) is 76.7 Å². The zero-order valence-electron chi connectivity index (χ0n) is 13.8. The molecule has 128 valence electrons. The average Bonchev–Trinajstić information content (AvgIpc) is 2.61. The Labute approximate surface area is 140 Å². The molecule has 2 aromatic rings. The van der Waals surface area contributed by atoms with Gasteiger partial charge in [0.2, 0.25) is 0 Å². The Morgan fingerprint density at radius 2 is 2.00 bits per heavy atom. The SMILES string of the molecule is COC(=O)C[C@H](c1c(O)c2ccccc2oc1=O)C1CCCCC1. The first-order chi connectivity index (χ1) is 11.6. The lowest BCUT2D eigenvalue weighted by Gasteiger charge is -2.29. The highest BCUT2D eigenvalue weighted by molar-refractivity contribution is 5.84. The molecule has 1 aromatic heterocycles. The number of rotatable bonds is 4. The summed E-state index contributed by atoms with van der Waals surface area (Å²) in [7, 11) is 1.34. The van der Waals surface area contributed by atoms with Crippen LogP contribution in [0.2, 0.25) is 0 Å². The van der Waals surface area contributed by atoms with Crippen LogP contribution in [0.3, 0.4) is 0 Å².